The lowest BCUT2D eigenvalue weighted by molar-refractivity contribution is -0.148. The fourth-order valence-electron chi connectivity index (χ4n) is 3.13. The maximum absolute atomic E-state index is 12.1. The molecule has 142 valence electrons. The first kappa shape index (κ1) is 19.1. The number of fused-ring (bicyclic) bond motifs is 1. The van der Waals surface area contributed by atoms with Crippen molar-refractivity contribution >= 4 is 29.1 Å². The summed E-state index contributed by atoms with van der Waals surface area (Å²) in [5.41, 5.74) is 2.97. The van der Waals surface area contributed by atoms with Crippen molar-refractivity contribution in [1.82, 2.24) is 10.6 Å². The van der Waals surface area contributed by atoms with Gasteiger partial charge in [-0.1, -0.05) is 24.3 Å². The number of amides is 2. The van der Waals surface area contributed by atoms with E-state index in [9.17, 15) is 14.4 Å². The summed E-state index contributed by atoms with van der Waals surface area (Å²) in [5.74, 6) is -1.05. The molecule has 1 aromatic carbocycles. The third-order valence-corrected chi connectivity index (χ3v) is 5.15. The van der Waals surface area contributed by atoms with Crippen molar-refractivity contribution in [3.63, 3.8) is 0 Å². The third-order valence-electron chi connectivity index (χ3n) is 4.47. The molecule has 3 rings (SSSR count). The lowest BCUT2D eigenvalue weighted by Gasteiger charge is -2.26. The van der Waals surface area contributed by atoms with Crippen LogP contribution in [-0.2, 0) is 20.7 Å². The van der Waals surface area contributed by atoms with Gasteiger partial charge in [0.15, 0.2) is 6.61 Å². The van der Waals surface area contributed by atoms with E-state index in [0.29, 0.717) is 5.56 Å². The predicted octanol–water partition coefficient (Wildman–Crippen LogP) is 2.61. The third kappa shape index (κ3) is 5.40. The molecule has 0 radical (unpaired) electrons. The van der Waals surface area contributed by atoms with Crippen LogP contribution in [0.2, 0.25) is 0 Å². The van der Waals surface area contributed by atoms with Crippen LogP contribution in [0.5, 0.6) is 0 Å². The second-order valence-electron chi connectivity index (χ2n) is 6.39. The van der Waals surface area contributed by atoms with Gasteiger partial charge in [0.2, 0.25) is 0 Å². The molecule has 27 heavy (non-hydrogen) atoms. The second kappa shape index (κ2) is 9.32. The van der Waals surface area contributed by atoms with Gasteiger partial charge in [0, 0.05) is 17.5 Å². The maximum atomic E-state index is 12.1. The van der Waals surface area contributed by atoms with Crippen molar-refractivity contribution in [2.45, 2.75) is 31.7 Å². The first-order valence-corrected chi connectivity index (χ1v) is 9.91. The zero-order valence-electron chi connectivity index (χ0n) is 14.9. The Morgan fingerprint density at radius 1 is 1.19 bits per heavy atom. The first-order valence-electron chi connectivity index (χ1n) is 8.96. The number of ether oxygens (including phenoxy) is 1. The highest BCUT2D eigenvalue weighted by Crippen LogP contribution is 2.29. The highest BCUT2D eigenvalue weighted by atomic mass is 32.1. The van der Waals surface area contributed by atoms with Crippen molar-refractivity contribution < 1.29 is 19.1 Å². The fraction of sp³-hybridized carbons (Fsp3) is 0.350. The molecule has 1 atom stereocenters. The number of nitrogens with one attached hydrogen (secondary N) is 2. The Hall–Kier alpha value is -2.67. The molecule has 0 saturated carbocycles. The van der Waals surface area contributed by atoms with Gasteiger partial charge < -0.3 is 15.4 Å². The minimum Gasteiger partial charge on any atom is -0.456 e. The largest absolute Gasteiger partial charge is 0.456 e. The minimum atomic E-state index is -0.514. The van der Waals surface area contributed by atoms with E-state index in [4.69, 9.17) is 4.74 Å². The SMILES string of the molecule is O=C(COC(=O)CCNC(=O)c1ccsc1)NC1CCCc2ccccc21. The highest BCUT2D eigenvalue weighted by Gasteiger charge is 2.21. The zero-order chi connectivity index (χ0) is 19.1. The van der Waals surface area contributed by atoms with E-state index >= 15 is 0 Å². The van der Waals surface area contributed by atoms with Crippen LogP contribution in [-0.4, -0.2) is 30.9 Å². The molecule has 0 saturated heterocycles. The maximum Gasteiger partial charge on any atom is 0.308 e. The smallest absolute Gasteiger partial charge is 0.308 e. The molecule has 0 bridgehead atoms. The molecule has 1 aromatic heterocycles. The molecule has 1 aliphatic rings. The number of esters is 1. The van der Waals surface area contributed by atoms with Gasteiger partial charge in [-0.2, -0.15) is 11.3 Å². The normalized spacial score (nSPS) is 15.5. The molecular weight excluding hydrogens is 364 g/mol. The van der Waals surface area contributed by atoms with Gasteiger partial charge >= 0.3 is 5.97 Å². The number of rotatable bonds is 7. The summed E-state index contributed by atoms with van der Waals surface area (Å²) in [6, 6.07) is 9.76. The van der Waals surface area contributed by atoms with Gasteiger partial charge in [-0.3, -0.25) is 14.4 Å². The van der Waals surface area contributed by atoms with Crippen LogP contribution in [0.4, 0.5) is 0 Å². The summed E-state index contributed by atoms with van der Waals surface area (Å²) in [4.78, 5) is 35.6. The number of benzene rings is 1. The van der Waals surface area contributed by atoms with E-state index in [-0.39, 0.29) is 37.4 Å². The summed E-state index contributed by atoms with van der Waals surface area (Å²) in [6.45, 7) is -0.138. The molecule has 1 aliphatic carbocycles. The van der Waals surface area contributed by atoms with Crippen LogP contribution in [0.15, 0.2) is 41.1 Å². The van der Waals surface area contributed by atoms with E-state index in [0.717, 1.165) is 24.8 Å². The Bertz CT molecular complexity index is 804. The number of carbonyl (C=O) groups is 3. The van der Waals surface area contributed by atoms with Gasteiger partial charge in [0.25, 0.3) is 11.8 Å². The van der Waals surface area contributed by atoms with E-state index in [2.05, 4.69) is 16.7 Å². The van der Waals surface area contributed by atoms with Crippen LogP contribution in [0.3, 0.4) is 0 Å². The monoisotopic (exact) mass is 386 g/mol. The summed E-state index contributed by atoms with van der Waals surface area (Å²) < 4.78 is 5.01. The zero-order valence-corrected chi connectivity index (χ0v) is 15.7. The molecule has 0 fully saturated rings. The molecule has 2 aromatic rings. The molecular formula is C20H22N2O4S. The van der Waals surface area contributed by atoms with Crippen molar-refractivity contribution in [3.05, 3.63) is 57.8 Å². The summed E-state index contributed by atoms with van der Waals surface area (Å²) >= 11 is 1.43. The van der Waals surface area contributed by atoms with Crippen LogP contribution in [0.1, 0.15) is 46.8 Å². The van der Waals surface area contributed by atoms with Crippen LogP contribution in [0.25, 0.3) is 0 Å². The second-order valence-corrected chi connectivity index (χ2v) is 7.17. The van der Waals surface area contributed by atoms with Gasteiger partial charge in [-0.15, -0.1) is 0 Å². The van der Waals surface area contributed by atoms with Crippen molar-refractivity contribution in [3.8, 4) is 0 Å². The molecule has 0 spiro atoms. The van der Waals surface area contributed by atoms with E-state index in [1.807, 2.05) is 23.6 Å². The summed E-state index contributed by atoms with van der Waals surface area (Å²) in [6.07, 6.45) is 2.95. The average Bonchev–Trinajstić information content (AvgIpc) is 3.21. The lowest BCUT2D eigenvalue weighted by Crippen LogP contribution is -2.34. The number of thiophene rings is 1. The van der Waals surface area contributed by atoms with E-state index in [1.54, 1.807) is 11.4 Å². The number of hydrogen-bond acceptors (Lipinski definition) is 5. The number of carbonyl (C=O) groups excluding carboxylic acids is 3. The molecule has 1 unspecified atom stereocenters. The Kier molecular flexibility index (Phi) is 6.59. The summed E-state index contributed by atoms with van der Waals surface area (Å²) in [7, 11) is 0. The van der Waals surface area contributed by atoms with Crippen LogP contribution >= 0.6 is 11.3 Å². The van der Waals surface area contributed by atoms with Crippen molar-refractivity contribution in [2.75, 3.05) is 13.2 Å². The molecule has 2 N–H and O–H groups in total. The Morgan fingerprint density at radius 3 is 2.85 bits per heavy atom. The van der Waals surface area contributed by atoms with Crippen molar-refractivity contribution in [1.29, 1.82) is 0 Å². The Labute approximate surface area is 161 Å². The average molecular weight is 386 g/mol. The van der Waals surface area contributed by atoms with Gasteiger partial charge in [0.05, 0.1) is 12.5 Å². The lowest BCUT2D eigenvalue weighted by atomic mass is 9.88. The fourth-order valence-corrected chi connectivity index (χ4v) is 3.77. The van der Waals surface area contributed by atoms with Crippen LogP contribution in [0, 0.1) is 0 Å². The molecule has 2 amide bonds. The van der Waals surface area contributed by atoms with Gasteiger partial charge in [-0.25, -0.2) is 0 Å². The van der Waals surface area contributed by atoms with E-state index in [1.165, 1.54) is 16.9 Å². The Morgan fingerprint density at radius 2 is 2.04 bits per heavy atom. The highest BCUT2D eigenvalue weighted by molar-refractivity contribution is 7.08. The minimum absolute atomic E-state index is 0.0232. The van der Waals surface area contributed by atoms with Crippen molar-refractivity contribution in [2.24, 2.45) is 0 Å². The van der Waals surface area contributed by atoms with E-state index < -0.39 is 5.97 Å². The number of hydrogen-bond donors (Lipinski definition) is 2. The predicted molar refractivity (Wildman–Crippen MR) is 102 cm³/mol. The summed E-state index contributed by atoms with van der Waals surface area (Å²) in [5, 5.41) is 9.13. The molecule has 1 heterocycles. The van der Waals surface area contributed by atoms with Crippen LogP contribution < -0.4 is 10.6 Å². The van der Waals surface area contributed by atoms with Gasteiger partial charge in [-0.05, 0) is 41.8 Å². The number of aryl methyl sites for hydroxylation is 1. The van der Waals surface area contributed by atoms with Gasteiger partial charge in [0.1, 0.15) is 0 Å². The molecule has 0 aliphatic heterocycles. The first-order chi connectivity index (χ1) is 13.1. The standard InChI is InChI=1S/C20H22N2O4S/c23-18(22-17-7-3-5-14-4-1-2-6-16(14)17)12-26-19(24)8-10-21-20(25)15-9-11-27-13-15/h1-2,4,6,9,11,13,17H,3,5,7-8,10,12H2,(H,21,25)(H,22,23). The molecule has 6 nitrogen and oxygen atoms in total. The Balaban J connectivity index is 1.37. The quantitative estimate of drug-likeness (QED) is 0.717. The topological polar surface area (TPSA) is 84.5 Å². The molecule has 7 heteroatoms.